The number of carbonyl (C=O) groups is 1. The van der Waals surface area contributed by atoms with Crippen molar-refractivity contribution in [3.8, 4) is 17.6 Å². The van der Waals surface area contributed by atoms with E-state index in [9.17, 15) is 4.79 Å². The Bertz CT molecular complexity index is 553. The van der Waals surface area contributed by atoms with Gasteiger partial charge in [0.15, 0.2) is 0 Å². The van der Waals surface area contributed by atoms with Crippen molar-refractivity contribution in [2.24, 2.45) is 0 Å². The van der Waals surface area contributed by atoms with E-state index in [1.165, 1.54) is 0 Å². The molecule has 0 saturated heterocycles. The van der Waals surface area contributed by atoms with Crippen LogP contribution in [0, 0.1) is 11.8 Å². The molecule has 0 fully saturated rings. The highest BCUT2D eigenvalue weighted by atomic mass is 35.5. The van der Waals surface area contributed by atoms with Gasteiger partial charge in [-0.25, -0.2) is 4.79 Å². The van der Waals surface area contributed by atoms with E-state index in [0.717, 1.165) is 5.56 Å². The molecule has 0 spiro atoms. The van der Waals surface area contributed by atoms with Crippen molar-refractivity contribution in [1.82, 2.24) is 5.32 Å². The van der Waals surface area contributed by atoms with Crippen molar-refractivity contribution in [2.75, 3.05) is 13.7 Å². The second kappa shape index (κ2) is 7.80. The largest absolute Gasteiger partial charge is 0.495 e. The SMILES string of the molecule is COc1cc(Cl)ccc1C#CCCNC(=O)OC(C)(C)C. The number of amides is 1. The van der Waals surface area contributed by atoms with Crippen LogP contribution in [0.5, 0.6) is 5.75 Å². The Morgan fingerprint density at radius 3 is 2.71 bits per heavy atom. The van der Waals surface area contributed by atoms with E-state index in [1.54, 1.807) is 25.3 Å². The molecular formula is C16H20ClNO3. The minimum Gasteiger partial charge on any atom is -0.495 e. The van der Waals surface area contributed by atoms with E-state index >= 15 is 0 Å². The lowest BCUT2D eigenvalue weighted by Gasteiger charge is -2.19. The van der Waals surface area contributed by atoms with Crippen LogP contribution in [0.3, 0.4) is 0 Å². The number of ether oxygens (including phenoxy) is 2. The van der Waals surface area contributed by atoms with Gasteiger partial charge >= 0.3 is 6.09 Å². The molecule has 21 heavy (non-hydrogen) atoms. The maximum absolute atomic E-state index is 11.4. The predicted octanol–water partition coefficient (Wildman–Crippen LogP) is 3.61. The normalized spacial score (nSPS) is 10.3. The van der Waals surface area contributed by atoms with E-state index in [2.05, 4.69) is 17.2 Å². The van der Waals surface area contributed by atoms with Gasteiger partial charge in [0.25, 0.3) is 0 Å². The average Bonchev–Trinajstić information content (AvgIpc) is 2.37. The fourth-order valence-corrected chi connectivity index (χ4v) is 1.63. The highest BCUT2D eigenvalue weighted by molar-refractivity contribution is 6.30. The van der Waals surface area contributed by atoms with Gasteiger partial charge in [-0.1, -0.05) is 23.4 Å². The Hall–Kier alpha value is -1.86. The number of hydrogen-bond acceptors (Lipinski definition) is 3. The van der Waals surface area contributed by atoms with Crippen LogP contribution in [0.15, 0.2) is 18.2 Å². The van der Waals surface area contributed by atoms with Gasteiger partial charge in [0.2, 0.25) is 0 Å². The van der Waals surface area contributed by atoms with Gasteiger partial charge in [-0.05, 0) is 32.9 Å². The topological polar surface area (TPSA) is 47.6 Å². The van der Waals surface area contributed by atoms with Crippen LogP contribution in [0.2, 0.25) is 5.02 Å². The van der Waals surface area contributed by atoms with E-state index in [-0.39, 0.29) is 0 Å². The zero-order chi connectivity index (χ0) is 15.9. The van der Waals surface area contributed by atoms with Gasteiger partial charge in [-0.2, -0.15) is 0 Å². The van der Waals surface area contributed by atoms with E-state index in [0.29, 0.717) is 23.7 Å². The van der Waals surface area contributed by atoms with Crippen molar-refractivity contribution in [2.45, 2.75) is 32.8 Å². The van der Waals surface area contributed by atoms with E-state index < -0.39 is 11.7 Å². The molecule has 0 aromatic heterocycles. The first-order valence-electron chi connectivity index (χ1n) is 6.61. The molecule has 0 atom stereocenters. The van der Waals surface area contributed by atoms with Crippen LogP contribution in [0.1, 0.15) is 32.8 Å². The molecule has 0 heterocycles. The number of carbonyl (C=O) groups excluding carboxylic acids is 1. The Labute approximate surface area is 130 Å². The van der Waals surface area contributed by atoms with Gasteiger partial charge in [0.05, 0.1) is 12.7 Å². The summed E-state index contributed by atoms with van der Waals surface area (Å²) < 4.78 is 10.3. The molecule has 1 aromatic rings. The van der Waals surface area contributed by atoms with Crippen molar-refractivity contribution in [1.29, 1.82) is 0 Å². The summed E-state index contributed by atoms with van der Waals surface area (Å²) in [7, 11) is 1.57. The molecule has 114 valence electrons. The molecular weight excluding hydrogens is 290 g/mol. The predicted molar refractivity (Wildman–Crippen MR) is 83.7 cm³/mol. The molecule has 1 N–H and O–H groups in total. The van der Waals surface area contributed by atoms with E-state index in [1.807, 2.05) is 20.8 Å². The van der Waals surface area contributed by atoms with Crippen molar-refractivity contribution in [3.63, 3.8) is 0 Å². The standard InChI is InChI=1S/C16H20ClNO3/c1-16(2,3)21-15(19)18-10-6-5-7-12-8-9-13(17)11-14(12)20-4/h8-9,11H,6,10H2,1-4H3,(H,18,19). The Kier molecular flexibility index (Phi) is 6.39. The van der Waals surface area contributed by atoms with Crippen LogP contribution in [-0.4, -0.2) is 25.3 Å². The van der Waals surface area contributed by atoms with Crippen molar-refractivity contribution >= 4 is 17.7 Å². The second-order valence-electron chi connectivity index (χ2n) is 5.33. The Morgan fingerprint density at radius 2 is 2.10 bits per heavy atom. The van der Waals surface area contributed by atoms with Gasteiger partial charge in [0.1, 0.15) is 11.4 Å². The Morgan fingerprint density at radius 1 is 1.38 bits per heavy atom. The molecule has 0 bridgehead atoms. The number of benzene rings is 1. The molecule has 0 unspecified atom stereocenters. The monoisotopic (exact) mass is 309 g/mol. The lowest BCUT2D eigenvalue weighted by Crippen LogP contribution is -2.32. The third-order valence-corrected chi connectivity index (χ3v) is 2.54. The fraction of sp³-hybridized carbons (Fsp3) is 0.438. The summed E-state index contributed by atoms with van der Waals surface area (Å²) in [5, 5.41) is 3.25. The number of alkyl carbamates (subject to hydrolysis) is 1. The smallest absolute Gasteiger partial charge is 0.407 e. The van der Waals surface area contributed by atoms with Gasteiger partial charge in [0, 0.05) is 24.1 Å². The van der Waals surface area contributed by atoms with E-state index in [4.69, 9.17) is 21.1 Å². The first-order chi connectivity index (χ1) is 9.81. The summed E-state index contributed by atoms with van der Waals surface area (Å²) in [6.07, 6.45) is 0.0822. The van der Waals surface area contributed by atoms with Crippen molar-refractivity contribution < 1.29 is 14.3 Å². The zero-order valence-electron chi connectivity index (χ0n) is 12.7. The van der Waals surface area contributed by atoms with Crippen LogP contribution >= 0.6 is 11.6 Å². The number of halogens is 1. The maximum atomic E-state index is 11.4. The zero-order valence-corrected chi connectivity index (χ0v) is 13.5. The van der Waals surface area contributed by atoms with Gasteiger partial charge in [-0.3, -0.25) is 0 Å². The molecule has 0 aliphatic carbocycles. The lowest BCUT2D eigenvalue weighted by molar-refractivity contribution is 0.0529. The number of rotatable bonds is 3. The minimum atomic E-state index is -0.494. The summed E-state index contributed by atoms with van der Waals surface area (Å²) in [6, 6.07) is 5.27. The molecule has 5 heteroatoms. The lowest BCUT2D eigenvalue weighted by atomic mass is 10.2. The van der Waals surface area contributed by atoms with Crippen LogP contribution in [-0.2, 0) is 4.74 Å². The first kappa shape index (κ1) is 17.2. The third kappa shape index (κ3) is 6.92. The van der Waals surface area contributed by atoms with Gasteiger partial charge in [-0.15, -0.1) is 0 Å². The molecule has 0 saturated carbocycles. The van der Waals surface area contributed by atoms with Crippen molar-refractivity contribution in [3.05, 3.63) is 28.8 Å². The highest BCUT2D eigenvalue weighted by Gasteiger charge is 2.15. The molecule has 0 aliphatic heterocycles. The molecule has 1 rings (SSSR count). The highest BCUT2D eigenvalue weighted by Crippen LogP contribution is 2.22. The first-order valence-corrected chi connectivity index (χ1v) is 6.99. The summed E-state index contributed by atoms with van der Waals surface area (Å²) in [5.74, 6) is 6.59. The average molecular weight is 310 g/mol. The van der Waals surface area contributed by atoms with Crippen LogP contribution < -0.4 is 10.1 Å². The quantitative estimate of drug-likeness (QED) is 0.685. The second-order valence-corrected chi connectivity index (χ2v) is 5.76. The Balaban J connectivity index is 2.45. The molecule has 1 aromatic carbocycles. The summed E-state index contributed by atoms with van der Waals surface area (Å²) in [4.78, 5) is 11.4. The summed E-state index contributed by atoms with van der Waals surface area (Å²) in [6.45, 7) is 5.88. The number of nitrogens with one attached hydrogen (secondary N) is 1. The molecule has 0 radical (unpaired) electrons. The minimum absolute atomic E-state index is 0.428. The maximum Gasteiger partial charge on any atom is 0.407 e. The fourth-order valence-electron chi connectivity index (χ4n) is 1.47. The number of hydrogen-bond donors (Lipinski definition) is 1. The van der Waals surface area contributed by atoms with Crippen LogP contribution in [0.4, 0.5) is 4.79 Å². The summed E-state index contributed by atoms with van der Waals surface area (Å²) in [5.41, 5.74) is 0.270. The van der Waals surface area contributed by atoms with Gasteiger partial charge < -0.3 is 14.8 Å². The molecule has 1 amide bonds. The third-order valence-electron chi connectivity index (χ3n) is 2.30. The molecule has 4 nitrogen and oxygen atoms in total. The molecule has 0 aliphatic rings. The van der Waals surface area contributed by atoms with Crippen LogP contribution in [0.25, 0.3) is 0 Å². The number of methoxy groups -OCH3 is 1. The summed E-state index contributed by atoms with van der Waals surface area (Å²) >= 11 is 5.88.